The number of nitrogens with zero attached hydrogens (tertiary/aromatic N) is 1. The minimum absolute atomic E-state index is 0.0211. The molecule has 2 aromatic carbocycles. The molecule has 0 aliphatic heterocycles. The van der Waals surface area contributed by atoms with E-state index in [0.717, 1.165) is 12.1 Å². The molecule has 0 aliphatic carbocycles. The maximum atomic E-state index is 13.4. The molecule has 0 heterocycles. The molecule has 0 saturated carbocycles. The maximum absolute atomic E-state index is 13.4. The van der Waals surface area contributed by atoms with Crippen LogP contribution in [0.5, 0.6) is 0 Å². The SMILES string of the molecule is N#Cc1cccc(C(=O)Nc2cc(F)c(I)c(F)c2)c1. The Balaban J connectivity index is 2.26. The molecule has 2 aromatic rings. The van der Waals surface area contributed by atoms with Gasteiger partial charge in [-0.2, -0.15) is 5.26 Å². The molecule has 0 atom stereocenters. The minimum Gasteiger partial charge on any atom is -0.322 e. The minimum atomic E-state index is -0.744. The van der Waals surface area contributed by atoms with Crippen LogP contribution in [0.1, 0.15) is 15.9 Å². The summed E-state index contributed by atoms with van der Waals surface area (Å²) in [6.07, 6.45) is 0. The van der Waals surface area contributed by atoms with E-state index >= 15 is 0 Å². The molecule has 1 amide bonds. The number of carbonyl (C=O) groups is 1. The number of amides is 1. The van der Waals surface area contributed by atoms with E-state index in [1.165, 1.54) is 12.1 Å². The van der Waals surface area contributed by atoms with Crippen LogP contribution < -0.4 is 5.32 Å². The van der Waals surface area contributed by atoms with Crippen LogP contribution in [0.15, 0.2) is 36.4 Å². The monoisotopic (exact) mass is 384 g/mol. The average Bonchev–Trinajstić information content (AvgIpc) is 2.44. The van der Waals surface area contributed by atoms with Crippen LogP contribution in [-0.2, 0) is 0 Å². The highest BCUT2D eigenvalue weighted by Gasteiger charge is 2.11. The first-order valence-corrected chi connectivity index (χ1v) is 6.55. The zero-order valence-corrected chi connectivity index (χ0v) is 12.1. The molecule has 0 radical (unpaired) electrons. The van der Waals surface area contributed by atoms with Crippen molar-refractivity contribution in [2.45, 2.75) is 0 Å². The number of rotatable bonds is 2. The third-order valence-corrected chi connectivity index (χ3v) is 3.53. The lowest BCUT2D eigenvalue weighted by molar-refractivity contribution is 0.102. The zero-order chi connectivity index (χ0) is 14.7. The molecule has 0 bridgehead atoms. The molecule has 20 heavy (non-hydrogen) atoms. The van der Waals surface area contributed by atoms with Gasteiger partial charge >= 0.3 is 0 Å². The first-order chi connectivity index (χ1) is 9.51. The highest BCUT2D eigenvalue weighted by atomic mass is 127. The predicted molar refractivity (Wildman–Crippen MR) is 78.2 cm³/mol. The van der Waals surface area contributed by atoms with E-state index < -0.39 is 17.5 Å². The van der Waals surface area contributed by atoms with Gasteiger partial charge in [0.1, 0.15) is 11.6 Å². The molecule has 2 rings (SSSR count). The lowest BCUT2D eigenvalue weighted by atomic mass is 10.1. The largest absolute Gasteiger partial charge is 0.322 e. The lowest BCUT2D eigenvalue weighted by Crippen LogP contribution is -2.12. The number of nitrogens with one attached hydrogen (secondary N) is 1. The fourth-order valence-electron chi connectivity index (χ4n) is 1.56. The number of hydrogen-bond donors (Lipinski definition) is 1. The molecule has 6 heteroatoms. The highest BCUT2D eigenvalue weighted by molar-refractivity contribution is 14.1. The van der Waals surface area contributed by atoms with E-state index in [4.69, 9.17) is 5.26 Å². The highest BCUT2D eigenvalue weighted by Crippen LogP contribution is 2.21. The Labute approximate surface area is 127 Å². The van der Waals surface area contributed by atoms with Crippen molar-refractivity contribution in [2.75, 3.05) is 5.32 Å². The van der Waals surface area contributed by atoms with Crippen LogP contribution >= 0.6 is 22.6 Å². The van der Waals surface area contributed by atoms with E-state index in [-0.39, 0.29) is 14.8 Å². The Kier molecular flexibility index (Phi) is 4.29. The summed E-state index contributed by atoms with van der Waals surface area (Å²) in [5.41, 5.74) is 0.591. The van der Waals surface area contributed by atoms with Crippen molar-refractivity contribution in [3.05, 3.63) is 62.7 Å². The Morgan fingerprint density at radius 2 is 1.85 bits per heavy atom. The van der Waals surface area contributed by atoms with Crippen molar-refractivity contribution < 1.29 is 13.6 Å². The number of benzene rings is 2. The van der Waals surface area contributed by atoms with Crippen LogP contribution in [-0.4, -0.2) is 5.91 Å². The van der Waals surface area contributed by atoms with Crippen LogP contribution in [0.25, 0.3) is 0 Å². The molecule has 0 aliphatic rings. The van der Waals surface area contributed by atoms with Gasteiger partial charge in [0.25, 0.3) is 5.91 Å². The van der Waals surface area contributed by atoms with Crippen molar-refractivity contribution in [1.82, 2.24) is 0 Å². The van der Waals surface area contributed by atoms with Gasteiger partial charge in [0.15, 0.2) is 0 Å². The molecular weight excluding hydrogens is 377 g/mol. The predicted octanol–water partition coefficient (Wildman–Crippen LogP) is 3.69. The molecule has 0 spiro atoms. The van der Waals surface area contributed by atoms with Gasteiger partial charge in [-0.25, -0.2) is 8.78 Å². The van der Waals surface area contributed by atoms with Gasteiger partial charge in [0.05, 0.1) is 15.2 Å². The van der Waals surface area contributed by atoms with Crippen LogP contribution in [0.4, 0.5) is 14.5 Å². The van der Waals surface area contributed by atoms with Crippen molar-refractivity contribution in [1.29, 1.82) is 5.26 Å². The lowest BCUT2D eigenvalue weighted by Gasteiger charge is -2.07. The van der Waals surface area contributed by atoms with Crippen LogP contribution in [0.3, 0.4) is 0 Å². The molecule has 0 saturated heterocycles. The van der Waals surface area contributed by atoms with Crippen molar-refractivity contribution >= 4 is 34.2 Å². The van der Waals surface area contributed by atoms with Gasteiger partial charge in [-0.1, -0.05) is 6.07 Å². The van der Waals surface area contributed by atoms with Gasteiger partial charge in [0, 0.05) is 11.3 Å². The maximum Gasteiger partial charge on any atom is 0.255 e. The van der Waals surface area contributed by atoms with Gasteiger partial charge in [0.2, 0.25) is 0 Å². The van der Waals surface area contributed by atoms with Gasteiger partial charge < -0.3 is 5.32 Å². The summed E-state index contributed by atoms with van der Waals surface area (Å²) >= 11 is 1.54. The Morgan fingerprint density at radius 1 is 1.20 bits per heavy atom. The second kappa shape index (κ2) is 5.96. The summed E-state index contributed by atoms with van der Waals surface area (Å²) in [4.78, 5) is 11.9. The van der Waals surface area contributed by atoms with Crippen molar-refractivity contribution in [2.24, 2.45) is 0 Å². The standard InChI is InChI=1S/C14H7F2IN2O/c15-11-5-10(6-12(16)13(11)17)19-14(20)9-3-1-2-8(4-9)7-18/h1-6H,(H,19,20). The summed E-state index contributed by atoms with van der Waals surface area (Å²) in [7, 11) is 0. The van der Waals surface area contributed by atoms with Crippen molar-refractivity contribution in [3.63, 3.8) is 0 Å². The Morgan fingerprint density at radius 3 is 2.45 bits per heavy atom. The molecule has 0 fully saturated rings. The number of nitriles is 1. The third-order valence-electron chi connectivity index (χ3n) is 2.50. The van der Waals surface area contributed by atoms with E-state index in [9.17, 15) is 13.6 Å². The quantitative estimate of drug-likeness (QED) is 0.635. The Hall–Kier alpha value is -2.01. The average molecular weight is 384 g/mol. The number of hydrogen-bond acceptors (Lipinski definition) is 2. The number of anilines is 1. The molecule has 3 nitrogen and oxygen atoms in total. The molecular formula is C14H7F2IN2O. The summed E-state index contributed by atoms with van der Waals surface area (Å²) in [5, 5.41) is 11.1. The Bertz CT molecular complexity index is 702. The van der Waals surface area contributed by atoms with Gasteiger partial charge in [-0.3, -0.25) is 4.79 Å². The fraction of sp³-hybridized carbons (Fsp3) is 0. The van der Waals surface area contributed by atoms with E-state index in [2.05, 4.69) is 5.32 Å². The molecule has 0 aromatic heterocycles. The van der Waals surface area contributed by atoms with Crippen LogP contribution in [0, 0.1) is 26.5 Å². The topological polar surface area (TPSA) is 52.9 Å². The van der Waals surface area contributed by atoms with Gasteiger partial charge in [-0.05, 0) is 52.9 Å². The summed E-state index contributed by atoms with van der Waals surface area (Å²) in [6, 6.07) is 10.0. The van der Waals surface area contributed by atoms with E-state index in [0.29, 0.717) is 5.56 Å². The third kappa shape index (κ3) is 3.11. The number of halogens is 3. The normalized spacial score (nSPS) is 9.90. The first-order valence-electron chi connectivity index (χ1n) is 5.47. The second-order valence-corrected chi connectivity index (χ2v) is 4.98. The fourth-order valence-corrected chi connectivity index (χ4v) is 1.87. The van der Waals surface area contributed by atoms with Crippen molar-refractivity contribution in [3.8, 4) is 6.07 Å². The van der Waals surface area contributed by atoms with E-state index in [1.54, 1.807) is 34.7 Å². The molecule has 0 unspecified atom stereocenters. The summed E-state index contributed by atoms with van der Waals surface area (Å²) < 4.78 is 26.6. The van der Waals surface area contributed by atoms with Crippen LogP contribution in [0.2, 0.25) is 0 Å². The van der Waals surface area contributed by atoms with Gasteiger partial charge in [-0.15, -0.1) is 0 Å². The van der Waals surface area contributed by atoms with E-state index in [1.807, 2.05) is 6.07 Å². The molecule has 1 N–H and O–H groups in total. The smallest absolute Gasteiger partial charge is 0.255 e. The summed E-state index contributed by atoms with van der Waals surface area (Å²) in [6.45, 7) is 0. The first kappa shape index (κ1) is 14.4. The molecule has 100 valence electrons. The summed E-state index contributed by atoms with van der Waals surface area (Å²) in [5.74, 6) is -2.03. The second-order valence-electron chi connectivity index (χ2n) is 3.90. The zero-order valence-electron chi connectivity index (χ0n) is 9.95. The number of carbonyl (C=O) groups excluding carboxylic acids is 1.